The zero-order chi connectivity index (χ0) is 33.0. The smallest absolute Gasteiger partial charge is 0.220 e. The van der Waals surface area contributed by atoms with Gasteiger partial charge in [-0.25, -0.2) is 0 Å². The summed E-state index contributed by atoms with van der Waals surface area (Å²) in [6.45, 7) is 4.93. The van der Waals surface area contributed by atoms with Gasteiger partial charge < -0.3 is 29.7 Å². The third kappa shape index (κ3) is 20.1. The second kappa shape index (κ2) is 29.2. The summed E-state index contributed by atoms with van der Waals surface area (Å²) in [5, 5.41) is 24.0. The Kier molecular flexibility index (Phi) is 27.2. The summed E-state index contributed by atoms with van der Waals surface area (Å²) < 4.78 is 17.8. The molecule has 6 atom stereocenters. The van der Waals surface area contributed by atoms with E-state index in [0.29, 0.717) is 25.9 Å². The zero-order valence-corrected chi connectivity index (χ0v) is 29.8. The molecule has 0 aromatic carbocycles. The van der Waals surface area contributed by atoms with Gasteiger partial charge in [-0.15, -0.1) is 0 Å². The number of carbonyl (C=O) groups is 1. The lowest BCUT2D eigenvalue weighted by molar-refractivity contribution is -0.153. The van der Waals surface area contributed by atoms with Crippen molar-refractivity contribution in [1.82, 2.24) is 5.32 Å². The van der Waals surface area contributed by atoms with Crippen LogP contribution in [0.15, 0.2) is 12.2 Å². The Morgan fingerprint density at radius 2 is 1.40 bits per heavy atom. The van der Waals surface area contributed by atoms with Gasteiger partial charge in [0.2, 0.25) is 5.91 Å². The van der Waals surface area contributed by atoms with Crippen molar-refractivity contribution in [3.05, 3.63) is 12.2 Å². The van der Waals surface area contributed by atoms with E-state index in [2.05, 4.69) is 31.3 Å². The summed E-state index contributed by atoms with van der Waals surface area (Å²) in [5.41, 5.74) is 0. The lowest BCUT2D eigenvalue weighted by Gasteiger charge is -2.44. The number of ether oxygens (including phenoxy) is 3. The van der Waals surface area contributed by atoms with Crippen molar-refractivity contribution in [2.75, 3.05) is 27.4 Å². The summed E-state index contributed by atoms with van der Waals surface area (Å²) in [5.74, 6) is -0.145. The molecule has 0 bridgehead atoms. The first-order valence-corrected chi connectivity index (χ1v) is 18.9. The van der Waals surface area contributed by atoms with Crippen LogP contribution in [-0.4, -0.2) is 74.0 Å². The number of rotatable bonds is 30. The van der Waals surface area contributed by atoms with Crippen molar-refractivity contribution in [1.29, 1.82) is 0 Å². The molecule has 0 aromatic rings. The molecule has 0 aromatic heterocycles. The highest BCUT2D eigenvalue weighted by Crippen LogP contribution is 2.32. The minimum atomic E-state index is -0.773. The van der Waals surface area contributed by atoms with Crippen LogP contribution in [-0.2, 0) is 19.0 Å². The van der Waals surface area contributed by atoms with Crippen LogP contribution in [0.3, 0.4) is 0 Å². The van der Waals surface area contributed by atoms with Gasteiger partial charge in [-0.05, 0) is 63.7 Å². The second-order valence-electron chi connectivity index (χ2n) is 13.4. The van der Waals surface area contributed by atoms with E-state index < -0.39 is 18.2 Å². The molecule has 1 amide bonds. The van der Waals surface area contributed by atoms with Crippen LogP contribution in [0.4, 0.5) is 0 Å². The van der Waals surface area contributed by atoms with Crippen LogP contribution >= 0.6 is 0 Å². The molecule has 7 nitrogen and oxygen atoms in total. The highest BCUT2D eigenvalue weighted by molar-refractivity contribution is 5.76. The lowest BCUT2D eigenvalue weighted by Crippen LogP contribution is -2.62. The predicted octanol–water partition coefficient (Wildman–Crippen LogP) is 8.44. The quantitative estimate of drug-likeness (QED) is 0.0539. The molecule has 1 saturated carbocycles. The third-order valence-corrected chi connectivity index (χ3v) is 9.62. The number of hydrogen-bond acceptors (Lipinski definition) is 6. The molecule has 0 heterocycles. The van der Waals surface area contributed by atoms with Gasteiger partial charge in [0.1, 0.15) is 6.10 Å². The molecular weight excluding hydrogens is 566 g/mol. The number of hydrogen-bond donors (Lipinski definition) is 3. The minimum Gasteiger partial charge on any atom is -0.396 e. The van der Waals surface area contributed by atoms with Crippen molar-refractivity contribution >= 4 is 5.91 Å². The largest absolute Gasteiger partial charge is 0.396 e. The van der Waals surface area contributed by atoms with Gasteiger partial charge in [-0.1, -0.05) is 109 Å². The highest BCUT2D eigenvalue weighted by Gasteiger charge is 2.45. The SMILES string of the molecule is CCCCCC/C=C\CCCCCCCCCC(=O)N[C@@H]1[C@@H](OCC[C@@H](CCCCCCC)OC)[C@H](O)[C@@H](CCO)C[C@H]1OC. The van der Waals surface area contributed by atoms with Gasteiger partial charge in [0, 0.05) is 33.9 Å². The first-order valence-electron chi connectivity index (χ1n) is 18.9. The molecule has 1 aliphatic carbocycles. The van der Waals surface area contributed by atoms with Gasteiger partial charge in [0.25, 0.3) is 0 Å². The van der Waals surface area contributed by atoms with Crippen molar-refractivity contribution in [3.8, 4) is 0 Å². The molecule has 0 spiro atoms. The van der Waals surface area contributed by atoms with Crippen LogP contribution in [0.5, 0.6) is 0 Å². The van der Waals surface area contributed by atoms with Crippen molar-refractivity contribution in [2.24, 2.45) is 5.92 Å². The average Bonchev–Trinajstić information content (AvgIpc) is 3.04. The van der Waals surface area contributed by atoms with Crippen LogP contribution in [0.2, 0.25) is 0 Å². The summed E-state index contributed by atoms with van der Waals surface area (Å²) >= 11 is 0. The number of aliphatic hydroxyl groups excluding tert-OH is 2. The average molecular weight is 640 g/mol. The van der Waals surface area contributed by atoms with E-state index in [0.717, 1.165) is 38.5 Å². The van der Waals surface area contributed by atoms with Gasteiger partial charge in [0.15, 0.2) is 0 Å². The summed E-state index contributed by atoms with van der Waals surface area (Å²) in [4.78, 5) is 13.0. The topological polar surface area (TPSA) is 97.3 Å². The summed E-state index contributed by atoms with van der Waals surface area (Å²) in [7, 11) is 3.40. The summed E-state index contributed by atoms with van der Waals surface area (Å²) in [6.07, 6.45) is 28.5. The molecule has 3 N–H and O–H groups in total. The maximum Gasteiger partial charge on any atom is 0.220 e. The molecular formula is C38H73NO6. The fourth-order valence-electron chi connectivity index (χ4n) is 6.66. The minimum absolute atomic E-state index is 0.00191. The molecule has 1 rings (SSSR count). The first-order chi connectivity index (χ1) is 22.0. The molecule has 45 heavy (non-hydrogen) atoms. The Labute approximate surface area is 277 Å². The van der Waals surface area contributed by atoms with Crippen LogP contribution < -0.4 is 5.32 Å². The number of nitrogens with one attached hydrogen (secondary N) is 1. The van der Waals surface area contributed by atoms with E-state index in [1.165, 1.54) is 89.9 Å². The number of unbranched alkanes of at least 4 members (excludes halogenated alkanes) is 15. The van der Waals surface area contributed by atoms with Crippen LogP contribution in [0, 0.1) is 5.92 Å². The molecule has 0 saturated heterocycles. The molecule has 7 heteroatoms. The summed E-state index contributed by atoms with van der Waals surface area (Å²) in [6, 6.07) is -0.423. The van der Waals surface area contributed by atoms with Gasteiger partial charge in [-0.2, -0.15) is 0 Å². The van der Waals surface area contributed by atoms with Crippen molar-refractivity contribution in [3.63, 3.8) is 0 Å². The Hall–Kier alpha value is -0.990. The zero-order valence-electron chi connectivity index (χ0n) is 29.8. The normalized spacial score (nSPS) is 22.7. The first kappa shape index (κ1) is 42.0. The molecule has 266 valence electrons. The van der Waals surface area contributed by atoms with Gasteiger partial charge in [-0.3, -0.25) is 4.79 Å². The maximum absolute atomic E-state index is 13.0. The number of allylic oxidation sites excluding steroid dienone is 2. The Morgan fingerprint density at radius 1 is 0.822 bits per heavy atom. The van der Waals surface area contributed by atoms with Gasteiger partial charge >= 0.3 is 0 Å². The number of aliphatic hydroxyl groups is 2. The monoisotopic (exact) mass is 640 g/mol. The fourth-order valence-corrected chi connectivity index (χ4v) is 6.66. The van der Waals surface area contributed by atoms with Crippen molar-refractivity contribution < 1.29 is 29.2 Å². The number of carbonyl (C=O) groups excluding carboxylic acids is 1. The van der Waals surface area contributed by atoms with E-state index >= 15 is 0 Å². The van der Waals surface area contributed by atoms with Crippen molar-refractivity contribution in [2.45, 2.75) is 192 Å². The Balaban J connectivity index is 2.42. The molecule has 1 fully saturated rings. The van der Waals surface area contributed by atoms with Crippen LogP contribution in [0.1, 0.15) is 162 Å². The number of methoxy groups -OCH3 is 2. The van der Waals surface area contributed by atoms with Gasteiger partial charge in [0.05, 0.1) is 24.4 Å². The Morgan fingerprint density at radius 3 is 2.00 bits per heavy atom. The maximum atomic E-state index is 13.0. The highest BCUT2D eigenvalue weighted by atomic mass is 16.5. The van der Waals surface area contributed by atoms with E-state index in [1.54, 1.807) is 14.2 Å². The molecule has 0 unspecified atom stereocenters. The Bertz CT molecular complexity index is 704. The fraction of sp³-hybridized carbons (Fsp3) is 0.921. The molecule has 1 aliphatic rings. The van der Waals surface area contributed by atoms with E-state index in [4.69, 9.17) is 14.2 Å². The molecule has 0 aliphatic heterocycles. The number of amides is 1. The predicted molar refractivity (Wildman–Crippen MR) is 187 cm³/mol. The standard InChI is InChI=1S/C38H73NO6/c1-5-7-9-11-12-13-14-15-16-17-18-19-20-22-24-26-35(41)39-36-34(44-4)31-32(27-29-40)37(42)38(36)45-30-28-33(43-3)25-23-21-10-8-6-2/h13-14,32-34,36-38,40,42H,5-12,15-31H2,1-4H3,(H,39,41)/b14-13-/t32-,33+,34+,36-,37+,38+/m0/s1. The second-order valence-corrected chi connectivity index (χ2v) is 13.4. The molecule has 0 radical (unpaired) electrons. The lowest BCUT2D eigenvalue weighted by atomic mass is 9.77. The van der Waals surface area contributed by atoms with E-state index in [1.807, 2.05) is 0 Å². The van der Waals surface area contributed by atoms with E-state index in [-0.39, 0.29) is 30.6 Å². The van der Waals surface area contributed by atoms with Crippen LogP contribution in [0.25, 0.3) is 0 Å². The van der Waals surface area contributed by atoms with E-state index in [9.17, 15) is 15.0 Å². The third-order valence-electron chi connectivity index (χ3n) is 9.62.